The molecule has 122 valence electrons. The predicted octanol–water partition coefficient (Wildman–Crippen LogP) is 3.04. The number of aryl methyl sites for hydroxylation is 1. The number of furan rings is 1. The second-order valence-electron chi connectivity index (χ2n) is 5.90. The molecule has 2 aromatic rings. The zero-order chi connectivity index (χ0) is 16.6. The van der Waals surface area contributed by atoms with E-state index in [4.69, 9.17) is 4.42 Å². The third-order valence-corrected chi connectivity index (χ3v) is 4.32. The topological polar surface area (TPSA) is 45.5 Å². The van der Waals surface area contributed by atoms with Crippen LogP contribution in [0.3, 0.4) is 0 Å². The standard InChI is InChI=1S/C17H18F2N2O2/c1-10-6-8-23-16(10)17(22)20-14-5-7-21(2)15(14)11-3-4-12(18)13(19)9-11/h3-4,6,8-9,14-15H,5,7H2,1-2H3,(H,20,22). The number of nitrogens with one attached hydrogen (secondary N) is 1. The average Bonchev–Trinajstić information content (AvgIpc) is 3.08. The number of carbonyl (C=O) groups excluding carboxylic acids is 1. The fourth-order valence-corrected chi connectivity index (χ4v) is 3.12. The van der Waals surface area contributed by atoms with Gasteiger partial charge in [0, 0.05) is 12.1 Å². The Hall–Kier alpha value is -2.21. The molecule has 1 aromatic carbocycles. The van der Waals surface area contributed by atoms with Crippen LogP contribution in [0.1, 0.15) is 34.1 Å². The van der Waals surface area contributed by atoms with Crippen LogP contribution in [0.4, 0.5) is 8.78 Å². The van der Waals surface area contributed by atoms with Crippen molar-refractivity contribution >= 4 is 5.91 Å². The molecule has 0 spiro atoms. The molecule has 2 atom stereocenters. The highest BCUT2D eigenvalue weighted by Crippen LogP contribution is 2.32. The summed E-state index contributed by atoms with van der Waals surface area (Å²) < 4.78 is 31.9. The van der Waals surface area contributed by atoms with E-state index >= 15 is 0 Å². The van der Waals surface area contributed by atoms with Crippen LogP contribution in [0.15, 0.2) is 34.9 Å². The van der Waals surface area contributed by atoms with Crippen molar-refractivity contribution in [2.75, 3.05) is 13.6 Å². The number of likely N-dealkylation sites (tertiary alicyclic amines) is 1. The number of carbonyl (C=O) groups is 1. The van der Waals surface area contributed by atoms with Crippen molar-refractivity contribution in [3.63, 3.8) is 0 Å². The van der Waals surface area contributed by atoms with E-state index in [1.165, 1.54) is 12.3 Å². The molecule has 2 unspecified atom stereocenters. The molecule has 3 rings (SSSR count). The molecule has 0 radical (unpaired) electrons. The molecule has 2 heterocycles. The summed E-state index contributed by atoms with van der Waals surface area (Å²) >= 11 is 0. The van der Waals surface area contributed by atoms with Gasteiger partial charge in [0.1, 0.15) is 0 Å². The highest BCUT2D eigenvalue weighted by atomic mass is 19.2. The summed E-state index contributed by atoms with van der Waals surface area (Å²) in [5.74, 6) is -1.76. The molecule has 1 saturated heterocycles. The van der Waals surface area contributed by atoms with E-state index in [0.29, 0.717) is 5.56 Å². The fraction of sp³-hybridized carbons (Fsp3) is 0.353. The summed E-state index contributed by atoms with van der Waals surface area (Å²) in [6.45, 7) is 2.55. The van der Waals surface area contributed by atoms with Crippen molar-refractivity contribution in [1.82, 2.24) is 10.2 Å². The van der Waals surface area contributed by atoms with Gasteiger partial charge in [0.2, 0.25) is 0 Å². The monoisotopic (exact) mass is 320 g/mol. The van der Waals surface area contributed by atoms with Crippen molar-refractivity contribution in [1.29, 1.82) is 0 Å². The van der Waals surface area contributed by atoms with E-state index < -0.39 is 11.6 Å². The minimum atomic E-state index is -0.880. The van der Waals surface area contributed by atoms with Gasteiger partial charge in [-0.25, -0.2) is 8.78 Å². The molecule has 0 aliphatic carbocycles. The number of amides is 1. The Labute approximate surface area is 133 Å². The molecule has 1 aliphatic heterocycles. The van der Waals surface area contributed by atoms with E-state index in [9.17, 15) is 13.6 Å². The van der Waals surface area contributed by atoms with Crippen LogP contribution in [0.5, 0.6) is 0 Å². The summed E-state index contributed by atoms with van der Waals surface area (Å²) in [6.07, 6.45) is 2.20. The van der Waals surface area contributed by atoms with Crippen LogP contribution in [0.2, 0.25) is 0 Å². The lowest BCUT2D eigenvalue weighted by Gasteiger charge is -2.26. The van der Waals surface area contributed by atoms with Gasteiger partial charge in [-0.3, -0.25) is 9.69 Å². The van der Waals surface area contributed by atoms with Gasteiger partial charge in [0.15, 0.2) is 17.4 Å². The van der Waals surface area contributed by atoms with Gasteiger partial charge in [0.05, 0.1) is 18.3 Å². The first kappa shape index (κ1) is 15.7. The van der Waals surface area contributed by atoms with Gasteiger partial charge < -0.3 is 9.73 Å². The Balaban J connectivity index is 1.82. The molecule has 0 bridgehead atoms. The van der Waals surface area contributed by atoms with Crippen LogP contribution in [-0.2, 0) is 0 Å². The Morgan fingerprint density at radius 1 is 1.30 bits per heavy atom. The van der Waals surface area contributed by atoms with Crippen LogP contribution >= 0.6 is 0 Å². The molecule has 1 N–H and O–H groups in total. The molecule has 6 heteroatoms. The number of halogens is 2. The second-order valence-corrected chi connectivity index (χ2v) is 5.90. The quantitative estimate of drug-likeness (QED) is 0.945. The maximum absolute atomic E-state index is 13.5. The Morgan fingerprint density at radius 3 is 2.74 bits per heavy atom. The van der Waals surface area contributed by atoms with Gasteiger partial charge in [-0.2, -0.15) is 0 Å². The van der Waals surface area contributed by atoms with Gasteiger partial charge in [0.25, 0.3) is 5.91 Å². The molecule has 4 nitrogen and oxygen atoms in total. The molecule has 23 heavy (non-hydrogen) atoms. The van der Waals surface area contributed by atoms with Crippen molar-refractivity contribution in [2.24, 2.45) is 0 Å². The van der Waals surface area contributed by atoms with Gasteiger partial charge >= 0.3 is 0 Å². The Bertz CT molecular complexity index is 729. The molecule has 1 fully saturated rings. The molecule has 1 aromatic heterocycles. The summed E-state index contributed by atoms with van der Waals surface area (Å²) in [6, 6.07) is 5.20. The first-order valence-electron chi connectivity index (χ1n) is 7.47. The molecule has 1 aliphatic rings. The predicted molar refractivity (Wildman–Crippen MR) is 81.0 cm³/mol. The number of hydrogen-bond acceptors (Lipinski definition) is 3. The van der Waals surface area contributed by atoms with Gasteiger partial charge in [-0.05, 0) is 44.2 Å². The summed E-state index contributed by atoms with van der Waals surface area (Å²) in [5, 5.41) is 2.94. The number of likely N-dealkylation sites (N-methyl/N-ethyl adjacent to an activating group) is 1. The van der Waals surface area contributed by atoms with Crippen LogP contribution in [0, 0.1) is 18.6 Å². The summed E-state index contributed by atoms with van der Waals surface area (Å²) in [5.41, 5.74) is 1.41. The van der Waals surface area contributed by atoms with E-state index in [2.05, 4.69) is 5.32 Å². The van der Waals surface area contributed by atoms with Crippen molar-refractivity contribution in [3.05, 3.63) is 59.1 Å². The average molecular weight is 320 g/mol. The van der Waals surface area contributed by atoms with Crippen LogP contribution in [0.25, 0.3) is 0 Å². The first-order chi connectivity index (χ1) is 11.0. The third-order valence-electron chi connectivity index (χ3n) is 4.32. The van der Waals surface area contributed by atoms with Crippen LogP contribution < -0.4 is 5.32 Å². The highest BCUT2D eigenvalue weighted by Gasteiger charge is 2.35. The Morgan fingerprint density at radius 2 is 2.09 bits per heavy atom. The SMILES string of the molecule is Cc1ccoc1C(=O)NC1CCN(C)C1c1ccc(F)c(F)c1. The Kier molecular flexibility index (Phi) is 4.17. The van der Waals surface area contributed by atoms with Gasteiger partial charge in [-0.15, -0.1) is 0 Å². The van der Waals surface area contributed by atoms with E-state index in [-0.39, 0.29) is 23.8 Å². The summed E-state index contributed by atoms with van der Waals surface area (Å²) in [7, 11) is 1.90. The number of benzene rings is 1. The maximum Gasteiger partial charge on any atom is 0.287 e. The lowest BCUT2D eigenvalue weighted by Crippen LogP contribution is -2.39. The maximum atomic E-state index is 13.5. The molecular weight excluding hydrogens is 302 g/mol. The van der Waals surface area contributed by atoms with Crippen molar-refractivity contribution in [2.45, 2.75) is 25.4 Å². The van der Waals surface area contributed by atoms with Crippen LogP contribution in [-0.4, -0.2) is 30.4 Å². The zero-order valence-electron chi connectivity index (χ0n) is 13.0. The van der Waals surface area contributed by atoms with E-state index in [1.807, 2.05) is 11.9 Å². The normalized spacial score (nSPS) is 21.6. The largest absolute Gasteiger partial charge is 0.459 e. The number of hydrogen-bond donors (Lipinski definition) is 1. The minimum absolute atomic E-state index is 0.193. The van der Waals surface area contributed by atoms with E-state index in [0.717, 1.165) is 24.6 Å². The first-order valence-corrected chi connectivity index (χ1v) is 7.47. The number of rotatable bonds is 3. The van der Waals surface area contributed by atoms with Gasteiger partial charge in [-0.1, -0.05) is 6.07 Å². The summed E-state index contributed by atoms with van der Waals surface area (Å²) in [4.78, 5) is 14.4. The lowest BCUT2D eigenvalue weighted by atomic mass is 9.99. The molecule has 0 saturated carbocycles. The molecule has 1 amide bonds. The fourth-order valence-electron chi connectivity index (χ4n) is 3.12. The smallest absolute Gasteiger partial charge is 0.287 e. The van der Waals surface area contributed by atoms with Crippen molar-refractivity contribution in [3.8, 4) is 0 Å². The molecular formula is C17H18F2N2O2. The van der Waals surface area contributed by atoms with E-state index in [1.54, 1.807) is 19.1 Å². The lowest BCUT2D eigenvalue weighted by molar-refractivity contribution is 0.0898. The minimum Gasteiger partial charge on any atom is -0.459 e. The number of nitrogens with zero attached hydrogens (tertiary/aromatic N) is 1. The van der Waals surface area contributed by atoms with Crippen molar-refractivity contribution < 1.29 is 18.0 Å². The second kappa shape index (κ2) is 6.12. The third kappa shape index (κ3) is 2.99. The highest BCUT2D eigenvalue weighted by molar-refractivity contribution is 5.93. The zero-order valence-corrected chi connectivity index (χ0v) is 13.0.